The van der Waals surface area contributed by atoms with Gasteiger partial charge in [0.05, 0.1) is 19.3 Å². The summed E-state index contributed by atoms with van der Waals surface area (Å²) in [6, 6.07) is 0. The molecule has 5 heteroatoms. The zero-order chi connectivity index (χ0) is 11.8. The molecule has 0 radical (unpaired) electrons. The van der Waals surface area contributed by atoms with Crippen molar-refractivity contribution < 1.29 is 5.11 Å². The van der Waals surface area contributed by atoms with E-state index in [0.29, 0.717) is 6.54 Å². The van der Waals surface area contributed by atoms with E-state index in [-0.39, 0.29) is 12.0 Å². The van der Waals surface area contributed by atoms with E-state index >= 15 is 0 Å². The van der Waals surface area contributed by atoms with Crippen LogP contribution in [0.3, 0.4) is 0 Å². The van der Waals surface area contributed by atoms with Gasteiger partial charge in [-0.25, -0.2) is 4.68 Å². The Kier molecular flexibility index (Phi) is 2.63. The van der Waals surface area contributed by atoms with Gasteiger partial charge in [-0.15, -0.1) is 5.10 Å². The van der Waals surface area contributed by atoms with Crippen molar-refractivity contribution in [3.63, 3.8) is 0 Å². The summed E-state index contributed by atoms with van der Waals surface area (Å²) in [7, 11) is 0. The SMILES string of the molecule is CC(C)(C)c1cncc2c1nnn2CCO. The minimum absolute atomic E-state index is 0.00735. The van der Waals surface area contributed by atoms with Crippen LogP contribution in [0.5, 0.6) is 0 Å². The molecule has 2 aromatic heterocycles. The summed E-state index contributed by atoms with van der Waals surface area (Å²) in [6.07, 6.45) is 3.57. The number of hydrogen-bond donors (Lipinski definition) is 1. The van der Waals surface area contributed by atoms with Crippen molar-refractivity contribution in [1.82, 2.24) is 20.0 Å². The molecule has 2 rings (SSSR count). The Bertz CT molecular complexity index is 498. The summed E-state index contributed by atoms with van der Waals surface area (Å²) in [5, 5.41) is 17.1. The average molecular weight is 220 g/mol. The van der Waals surface area contributed by atoms with E-state index in [1.807, 2.05) is 6.20 Å². The zero-order valence-electron chi connectivity index (χ0n) is 9.80. The fraction of sp³-hybridized carbons (Fsp3) is 0.545. The van der Waals surface area contributed by atoms with Gasteiger partial charge in [-0.1, -0.05) is 26.0 Å². The number of hydrogen-bond acceptors (Lipinski definition) is 4. The van der Waals surface area contributed by atoms with Crippen LogP contribution in [0.25, 0.3) is 11.0 Å². The van der Waals surface area contributed by atoms with Gasteiger partial charge in [0, 0.05) is 11.8 Å². The van der Waals surface area contributed by atoms with Gasteiger partial charge in [0.2, 0.25) is 0 Å². The molecule has 16 heavy (non-hydrogen) atoms. The molecule has 0 aliphatic carbocycles. The van der Waals surface area contributed by atoms with Gasteiger partial charge in [0.1, 0.15) is 11.0 Å². The van der Waals surface area contributed by atoms with E-state index in [0.717, 1.165) is 16.6 Å². The lowest BCUT2D eigenvalue weighted by Crippen LogP contribution is -2.12. The van der Waals surface area contributed by atoms with E-state index in [9.17, 15) is 0 Å². The highest BCUT2D eigenvalue weighted by atomic mass is 16.3. The van der Waals surface area contributed by atoms with E-state index in [1.54, 1.807) is 10.9 Å². The normalized spacial score (nSPS) is 12.2. The topological polar surface area (TPSA) is 63.8 Å². The maximum atomic E-state index is 8.92. The van der Waals surface area contributed by atoms with Crippen molar-refractivity contribution in [1.29, 1.82) is 0 Å². The second-order valence-corrected chi connectivity index (χ2v) is 4.84. The standard InChI is InChI=1S/C11H16N4O/c1-11(2,3)8-6-12-7-9-10(8)13-14-15(9)4-5-16/h6-7,16H,4-5H2,1-3H3. The lowest BCUT2D eigenvalue weighted by Gasteiger charge is -2.18. The fourth-order valence-corrected chi connectivity index (χ4v) is 1.69. The maximum absolute atomic E-state index is 8.92. The predicted molar refractivity (Wildman–Crippen MR) is 61.1 cm³/mol. The molecule has 1 N–H and O–H groups in total. The number of rotatable bonds is 2. The van der Waals surface area contributed by atoms with Crippen molar-refractivity contribution >= 4 is 11.0 Å². The van der Waals surface area contributed by atoms with E-state index in [2.05, 4.69) is 36.1 Å². The summed E-state index contributed by atoms with van der Waals surface area (Å²) in [5.41, 5.74) is 2.82. The first-order valence-electron chi connectivity index (χ1n) is 5.32. The summed E-state index contributed by atoms with van der Waals surface area (Å²) >= 11 is 0. The molecule has 0 spiro atoms. The Morgan fingerprint density at radius 3 is 2.69 bits per heavy atom. The highest BCUT2D eigenvalue weighted by Gasteiger charge is 2.20. The van der Waals surface area contributed by atoms with E-state index in [1.165, 1.54) is 0 Å². The molecule has 0 fully saturated rings. The smallest absolute Gasteiger partial charge is 0.120 e. The predicted octanol–water partition coefficient (Wildman–Crippen LogP) is 1.12. The number of nitrogens with zero attached hydrogens (tertiary/aromatic N) is 4. The van der Waals surface area contributed by atoms with Crippen molar-refractivity contribution in [3.8, 4) is 0 Å². The largest absolute Gasteiger partial charge is 0.394 e. The maximum Gasteiger partial charge on any atom is 0.120 e. The second kappa shape index (κ2) is 3.83. The number of aliphatic hydroxyl groups excluding tert-OH is 1. The van der Waals surface area contributed by atoms with Crippen molar-refractivity contribution in [2.45, 2.75) is 32.7 Å². The Morgan fingerprint density at radius 1 is 1.31 bits per heavy atom. The Morgan fingerprint density at radius 2 is 2.06 bits per heavy atom. The van der Waals surface area contributed by atoms with Crippen LogP contribution in [-0.2, 0) is 12.0 Å². The molecule has 5 nitrogen and oxygen atoms in total. The molecule has 0 saturated carbocycles. The van der Waals surface area contributed by atoms with Gasteiger partial charge < -0.3 is 5.11 Å². The number of aliphatic hydroxyl groups is 1. The molecular formula is C11H16N4O. The molecule has 86 valence electrons. The Hall–Kier alpha value is -1.49. The number of aromatic nitrogens is 4. The summed E-state index contributed by atoms with van der Waals surface area (Å²) in [5.74, 6) is 0. The molecule has 0 unspecified atom stereocenters. The molecule has 0 saturated heterocycles. The minimum atomic E-state index is -0.00735. The fourth-order valence-electron chi connectivity index (χ4n) is 1.69. The molecule has 0 aliphatic rings. The monoisotopic (exact) mass is 220 g/mol. The highest BCUT2D eigenvalue weighted by Crippen LogP contribution is 2.27. The average Bonchev–Trinajstić information content (AvgIpc) is 2.61. The van der Waals surface area contributed by atoms with Gasteiger partial charge in [0.25, 0.3) is 0 Å². The number of fused-ring (bicyclic) bond motifs is 1. The molecule has 0 bridgehead atoms. The first-order valence-corrected chi connectivity index (χ1v) is 5.32. The highest BCUT2D eigenvalue weighted by molar-refractivity contribution is 5.77. The van der Waals surface area contributed by atoms with Crippen LogP contribution in [0, 0.1) is 0 Å². The molecule has 2 heterocycles. The second-order valence-electron chi connectivity index (χ2n) is 4.84. The van der Waals surface area contributed by atoms with Crippen molar-refractivity contribution in [3.05, 3.63) is 18.0 Å². The van der Waals surface area contributed by atoms with Gasteiger partial charge in [-0.05, 0) is 5.41 Å². The molecule has 0 amide bonds. The van der Waals surface area contributed by atoms with Crippen LogP contribution in [0.4, 0.5) is 0 Å². The van der Waals surface area contributed by atoms with Crippen molar-refractivity contribution in [2.24, 2.45) is 0 Å². The van der Waals surface area contributed by atoms with Gasteiger partial charge in [0.15, 0.2) is 0 Å². The lowest BCUT2D eigenvalue weighted by molar-refractivity contribution is 0.270. The first-order chi connectivity index (χ1) is 7.54. The molecule has 2 aromatic rings. The van der Waals surface area contributed by atoms with Crippen molar-refractivity contribution in [2.75, 3.05) is 6.61 Å². The quantitative estimate of drug-likeness (QED) is 0.823. The first kappa shape index (κ1) is 11.0. The third kappa shape index (κ3) is 1.78. The van der Waals surface area contributed by atoms with E-state index in [4.69, 9.17) is 5.11 Å². The summed E-state index contributed by atoms with van der Waals surface area (Å²) in [4.78, 5) is 4.21. The van der Waals surface area contributed by atoms with Gasteiger partial charge in [-0.2, -0.15) is 0 Å². The third-order valence-corrected chi connectivity index (χ3v) is 2.55. The molecule has 0 atom stereocenters. The summed E-state index contributed by atoms with van der Waals surface area (Å²) in [6.45, 7) is 6.86. The Labute approximate surface area is 94.1 Å². The van der Waals surface area contributed by atoms with Gasteiger partial charge in [-0.3, -0.25) is 4.98 Å². The third-order valence-electron chi connectivity index (χ3n) is 2.55. The molecule has 0 aliphatic heterocycles. The lowest BCUT2D eigenvalue weighted by atomic mass is 9.87. The van der Waals surface area contributed by atoms with Crippen LogP contribution in [0.15, 0.2) is 12.4 Å². The zero-order valence-corrected chi connectivity index (χ0v) is 9.80. The van der Waals surface area contributed by atoms with Crippen LogP contribution >= 0.6 is 0 Å². The van der Waals surface area contributed by atoms with Crippen LogP contribution in [0.1, 0.15) is 26.3 Å². The van der Waals surface area contributed by atoms with E-state index < -0.39 is 0 Å². The summed E-state index contributed by atoms with van der Waals surface area (Å²) < 4.78 is 1.68. The minimum Gasteiger partial charge on any atom is -0.394 e. The molecule has 0 aromatic carbocycles. The number of pyridine rings is 1. The Balaban J connectivity index is 2.62. The van der Waals surface area contributed by atoms with Crippen LogP contribution in [-0.4, -0.2) is 31.7 Å². The van der Waals surface area contributed by atoms with Crippen LogP contribution < -0.4 is 0 Å². The van der Waals surface area contributed by atoms with Crippen LogP contribution in [0.2, 0.25) is 0 Å². The molecular weight excluding hydrogens is 204 g/mol. The van der Waals surface area contributed by atoms with Gasteiger partial charge >= 0.3 is 0 Å².